The maximum Gasteiger partial charge on any atom is -0.454 e. The summed E-state index contributed by atoms with van der Waals surface area (Å²) in [6, 6.07) is 0. The summed E-state index contributed by atoms with van der Waals surface area (Å²) in [7, 11) is 0. The molecule has 0 rings (SSSR count). The summed E-state index contributed by atoms with van der Waals surface area (Å²) in [5.41, 5.74) is 0. The van der Waals surface area contributed by atoms with Gasteiger partial charge in [-0.3, -0.25) is 0 Å². The zero-order valence-corrected chi connectivity index (χ0v) is 1.72. The Morgan fingerprint density at radius 1 is 1.00 bits per heavy atom. The lowest BCUT2D eigenvalue weighted by Crippen LogP contribution is -2.95. The van der Waals surface area contributed by atoms with Crippen LogP contribution in [0.5, 0.6) is 0 Å². The number of hydrogen-bond donors (Lipinski definition) is 1. The molecule has 0 aromatic heterocycles. The first-order valence-electron chi connectivity index (χ1n) is 0.612. The Bertz CT molecular complexity index is 8.00. The van der Waals surface area contributed by atoms with Gasteiger partial charge in [-0.05, 0) is 0 Å². The van der Waals surface area contributed by atoms with E-state index in [0.29, 0.717) is 0 Å². The Hall–Kier alpha value is -0.160. The lowest BCUT2D eigenvalue weighted by atomic mass is 13.0. The highest BCUT2D eigenvalue weighted by Crippen LogP contribution is 1.04. The topological polar surface area (TPSA) is 73.6 Å². The van der Waals surface area contributed by atoms with Crippen LogP contribution in [0, 0.1) is 15.6 Å². The first kappa shape index (κ1) is 3.84. The van der Waals surface area contributed by atoms with E-state index >= 15 is 0 Å². The Kier molecular flexibility index (Phi) is 1.14. The van der Waals surface area contributed by atoms with Crippen molar-refractivity contribution in [3.05, 3.63) is 15.6 Å². The molecule has 0 spiro atoms. The van der Waals surface area contributed by atoms with Gasteiger partial charge in [0, 0.05) is 0 Å². The monoisotopic (exact) mass is 63.0 g/mol. The minimum Gasteiger partial charge on any atom is -0.632 e. The normalized spacial score (nSPS) is 9.00. The summed E-state index contributed by atoms with van der Waals surface area (Å²) in [6.07, 6.45) is 0. The van der Waals surface area contributed by atoms with E-state index in [-0.39, 0.29) is 0 Å². The van der Waals surface area contributed by atoms with Crippen molar-refractivity contribution < 1.29 is 5.39 Å². The van der Waals surface area contributed by atoms with E-state index in [9.17, 15) is 0 Å². The van der Waals surface area contributed by atoms with E-state index in [1.807, 2.05) is 0 Å². The van der Waals surface area contributed by atoms with Crippen LogP contribution >= 0.6 is 0 Å². The molecule has 0 aliphatic heterocycles. The Morgan fingerprint density at radius 3 is 1.00 bits per heavy atom. The van der Waals surface area contributed by atoms with Crippen molar-refractivity contribution in [3.63, 3.8) is 0 Å². The van der Waals surface area contributed by atoms with Crippen LogP contribution in [0.4, 0.5) is 0 Å². The largest absolute Gasteiger partial charge is 0.632 e. The van der Waals surface area contributed by atoms with Gasteiger partial charge in [-0.15, -0.1) is 0 Å². The molecule has 0 saturated carbocycles. The third-order valence-electron chi connectivity index (χ3n) is 0. The van der Waals surface area contributed by atoms with E-state index in [0.717, 1.165) is 0 Å². The van der Waals surface area contributed by atoms with Crippen molar-refractivity contribution >= 4 is 0 Å². The molecule has 0 aliphatic rings. The summed E-state index contributed by atoms with van der Waals surface area (Å²) >= 11 is 0. The van der Waals surface area contributed by atoms with Gasteiger partial charge >= 0.3 is 0 Å². The van der Waals surface area contributed by atoms with Crippen LogP contribution in [-0.2, 0) is 0 Å². The summed E-state index contributed by atoms with van der Waals surface area (Å²) in [6.45, 7) is 0. The zero-order chi connectivity index (χ0) is 3.58. The van der Waals surface area contributed by atoms with Crippen LogP contribution in [0.15, 0.2) is 0 Å². The van der Waals surface area contributed by atoms with E-state index < -0.39 is 5.39 Å². The lowest BCUT2D eigenvalue weighted by Gasteiger charge is -2.28. The van der Waals surface area contributed by atoms with E-state index in [1.54, 1.807) is 0 Å². The molecule has 0 aromatic carbocycles. The Labute approximate surface area is 22.4 Å². The molecular weight excluding hydrogens is 62.0 g/mol. The first-order valence-corrected chi connectivity index (χ1v) is 0.612. The number of hydrogen-bond acceptors (Lipinski definition) is 3. The smallest absolute Gasteiger partial charge is 0.454 e. The predicted octanol–water partition coefficient (Wildman–Crippen LogP) is -1.64. The molecule has 0 aromatic rings. The highest BCUT2D eigenvalue weighted by molar-refractivity contribution is 4.10. The molecular formula is HNO3-2. The van der Waals surface area contributed by atoms with Crippen LogP contribution in [0.3, 0.4) is 0 Å². The number of nitrogens with one attached hydrogen (secondary N) is 1. The van der Waals surface area contributed by atoms with Crippen LogP contribution in [-0.4, -0.2) is 0 Å². The second-order valence-electron chi connectivity index (χ2n) is 0.250. The summed E-state index contributed by atoms with van der Waals surface area (Å²) in [5.74, 6) is 0. The molecule has 0 amide bonds. The molecule has 26 valence electrons. The van der Waals surface area contributed by atoms with Crippen LogP contribution in [0.2, 0.25) is 0 Å². The fourth-order valence-electron chi connectivity index (χ4n) is 0. The van der Waals surface area contributed by atoms with Gasteiger partial charge < -0.3 is 21.0 Å². The predicted molar refractivity (Wildman–Crippen MR) is 11.1 cm³/mol. The average molecular weight is 63.0 g/mol. The van der Waals surface area contributed by atoms with Gasteiger partial charge in [0.05, 0.1) is 0 Å². The van der Waals surface area contributed by atoms with Crippen molar-refractivity contribution in [1.29, 1.82) is 0 Å². The molecule has 4 heavy (non-hydrogen) atoms. The van der Waals surface area contributed by atoms with E-state index in [1.165, 1.54) is 0 Å². The Morgan fingerprint density at radius 2 is 1.00 bits per heavy atom. The van der Waals surface area contributed by atoms with Gasteiger partial charge in [0.15, 0.2) is 0 Å². The molecule has 1 N–H and O–H groups in total. The maximum atomic E-state index is 8.33. The quantitative estimate of drug-likeness (QED) is 0.343. The fraction of sp³-hybridized carbons (Fsp3) is 0. The van der Waals surface area contributed by atoms with Gasteiger partial charge in [0.1, 0.15) is 0 Å². The molecule has 0 bridgehead atoms. The minimum absolute atomic E-state index is 2.33. The molecule has 4 heteroatoms. The molecule has 0 unspecified atom stereocenters. The van der Waals surface area contributed by atoms with Crippen molar-refractivity contribution in [2.24, 2.45) is 0 Å². The Balaban J connectivity index is 2.32. The number of rotatable bonds is 0. The van der Waals surface area contributed by atoms with E-state index in [4.69, 9.17) is 15.6 Å². The third kappa shape index (κ3) is 50.7. The van der Waals surface area contributed by atoms with E-state index in [2.05, 4.69) is 0 Å². The molecule has 0 atom stereocenters. The fourth-order valence-corrected chi connectivity index (χ4v) is 0. The average Bonchev–Trinajstić information content (AvgIpc) is 0.811. The zero-order valence-electron chi connectivity index (χ0n) is 1.72. The SMILES string of the molecule is [O-][NH+]([O-])[O-]. The second-order valence-corrected chi connectivity index (χ2v) is 0.250. The molecule has 4 nitrogen and oxygen atoms in total. The van der Waals surface area contributed by atoms with Gasteiger partial charge in [-0.25, -0.2) is 0 Å². The summed E-state index contributed by atoms with van der Waals surface area (Å²) in [4.78, 5) is 0. The maximum absolute atomic E-state index is 8.33. The van der Waals surface area contributed by atoms with Gasteiger partial charge in [0.25, 0.3) is 0 Å². The van der Waals surface area contributed by atoms with Gasteiger partial charge in [-0.2, -0.15) is 0 Å². The standard InChI is InChI=1S/HNO3/c2-1(3)4/h1H/q-2. The first-order chi connectivity index (χ1) is 1.73. The third-order valence-corrected chi connectivity index (χ3v) is 0. The van der Waals surface area contributed by atoms with Crippen LogP contribution in [0.25, 0.3) is 0 Å². The van der Waals surface area contributed by atoms with Crippen molar-refractivity contribution in [1.82, 2.24) is 0 Å². The molecule has 0 saturated heterocycles. The molecule has 0 aliphatic carbocycles. The van der Waals surface area contributed by atoms with Crippen LogP contribution in [0.1, 0.15) is 0 Å². The minimum atomic E-state index is -2.33. The summed E-state index contributed by atoms with van der Waals surface area (Å²) in [5, 5.41) is 22.7. The van der Waals surface area contributed by atoms with Crippen LogP contribution < -0.4 is 5.39 Å². The summed E-state index contributed by atoms with van der Waals surface area (Å²) < 4.78 is 0. The highest BCUT2D eigenvalue weighted by atomic mass is 17.0. The molecule has 0 fully saturated rings. The molecule has 0 heterocycles. The van der Waals surface area contributed by atoms with Crippen molar-refractivity contribution in [2.45, 2.75) is 0 Å². The van der Waals surface area contributed by atoms with Gasteiger partial charge in [-0.1, -0.05) is 0 Å². The van der Waals surface area contributed by atoms with Crippen molar-refractivity contribution in [2.75, 3.05) is 0 Å². The number of quaternary nitrogens is 1. The van der Waals surface area contributed by atoms with Crippen molar-refractivity contribution in [3.8, 4) is 0 Å². The van der Waals surface area contributed by atoms with Gasteiger partial charge in [0.2, 0.25) is 0 Å². The second kappa shape index (κ2) is 1.19. The lowest BCUT2D eigenvalue weighted by molar-refractivity contribution is -0.732. The molecule has 0 radical (unpaired) electrons. The highest BCUT2D eigenvalue weighted by Gasteiger charge is 1.19.